The average Bonchev–Trinajstić information content (AvgIpc) is 3.07. The van der Waals surface area contributed by atoms with Crippen molar-refractivity contribution in [2.75, 3.05) is 18.4 Å². The number of carbonyl (C=O) groups is 1. The van der Waals surface area contributed by atoms with Crippen LogP contribution < -0.4 is 16.6 Å². The molecule has 2 aromatic heterocycles. The van der Waals surface area contributed by atoms with Crippen LogP contribution in [0.3, 0.4) is 0 Å². The van der Waals surface area contributed by atoms with E-state index in [1.807, 2.05) is 4.98 Å². The van der Waals surface area contributed by atoms with Gasteiger partial charge in [0, 0.05) is 37.3 Å². The lowest BCUT2D eigenvalue weighted by atomic mass is 9.93. The lowest BCUT2D eigenvalue weighted by molar-refractivity contribution is -0.187. The maximum absolute atomic E-state index is 13.7. The van der Waals surface area contributed by atoms with Crippen LogP contribution in [0, 0.1) is 11.7 Å². The highest BCUT2D eigenvalue weighted by Crippen LogP contribution is 2.28. The first-order valence-corrected chi connectivity index (χ1v) is 10.1. The normalized spacial score (nSPS) is 19.2. The Balaban J connectivity index is 1.57. The first kappa shape index (κ1) is 22.6. The highest BCUT2D eigenvalue weighted by Gasteiger charge is 2.44. The van der Waals surface area contributed by atoms with Crippen molar-refractivity contribution in [3.8, 4) is 5.82 Å². The van der Waals surface area contributed by atoms with Crippen molar-refractivity contribution in [3.63, 3.8) is 0 Å². The summed E-state index contributed by atoms with van der Waals surface area (Å²) in [5.41, 5.74) is -0.687. The number of rotatable bonds is 3. The molecule has 0 radical (unpaired) electrons. The van der Waals surface area contributed by atoms with E-state index in [4.69, 9.17) is 0 Å². The molecule has 176 valence electrons. The molecule has 3 heterocycles. The number of piperidine rings is 1. The molecule has 13 heteroatoms. The van der Waals surface area contributed by atoms with Crippen LogP contribution in [0.2, 0.25) is 0 Å². The van der Waals surface area contributed by atoms with Crippen molar-refractivity contribution in [1.82, 2.24) is 24.2 Å². The van der Waals surface area contributed by atoms with E-state index in [1.54, 1.807) is 32.2 Å². The number of H-pyrrole nitrogens is 1. The van der Waals surface area contributed by atoms with E-state index in [0.29, 0.717) is 23.0 Å². The molecule has 1 aromatic carbocycles. The molecule has 3 aromatic rings. The zero-order chi connectivity index (χ0) is 24.1. The van der Waals surface area contributed by atoms with Crippen LogP contribution in [0.4, 0.5) is 23.2 Å². The summed E-state index contributed by atoms with van der Waals surface area (Å²) < 4.78 is 54.2. The largest absolute Gasteiger partial charge is 0.471 e. The third-order valence-electron chi connectivity index (χ3n) is 5.75. The van der Waals surface area contributed by atoms with Crippen LogP contribution in [0.15, 0.2) is 34.0 Å². The van der Waals surface area contributed by atoms with E-state index >= 15 is 0 Å². The minimum absolute atomic E-state index is 0.0147. The zero-order valence-corrected chi connectivity index (χ0v) is 17.6. The van der Waals surface area contributed by atoms with Crippen molar-refractivity contribution >= 4 is 22.5 Å². The molecule has 0 unspecified atom stereocenters. The highest BCUT2D eigenvalue weighted by atomic mass is 19.4. The third-order valence-corrected chi connectivity index (χ3v) is 5.75. The summed E-state index contributed by atoms with van der Waals surface area (Å²) in [4.78, 5) is 37.6. The molecule has 1 saturated heterocycles. The Morgan fingerprint density at radius 1 is 1.27 bits per heavy atom. The number of hydrogen-bond acceptors (Lipinski definition) is 5. The van der Waals surface area contributed by atoms with Gasteiger partial charge in [-0.2, -0.15) is 22.7 Å². The van der Waals surface area contributed by atoms with Crippen LogP contribution >= 0.6 is 0 Å². The van der Waals surface area contributed by atoms with Crippen molar-refractivity contribution in [2.45, 2.75) is 25.6 Å². The zero-order valence-electron chi connectivity index (χ0n) is 17.6. The van der Waals surface area contributed by atoms with Crippen LogP contribution in [-0.2, 0) is 11.8 Å². The van der Waals surface area contributed by atoms with E-state index in [0.717, 1.165) is 15.7 Å². The predicted molar refractivity (Wildman–Crippen MR) is 111 cm³/mol. The molecule has 0 bridgehead atoms. The van der Waals surface area contributed by atoms with Gasteiger partial charge in [0.2, 0.25) is 5.82 Å². The number of nitrogens with zero attached hydrogens (tertiary/aromatic N) is 4. The molecule has 33 heavy (non-hydrogen) atoms. The number of alkyl halides is 3. The van der Waals surface area contributed by atoms with Gasteiger partial charge >= 0.3 is 17.8 Å². The second-order valence-electron chi connectivity index (χ2n) is 8.05. The number of anilines is 1. The Hall–Kier alpha value is -3.64. The van der Waals surface area contributed by atoms with Gasteiger partial charge in [-0.3, -0.25) is 19.3 Å². The van der Waals surface area contributed by atoms with E-state index in [2.05, 4.69) is 10.4 Å². The molecule has 2 N–H and O–H groups in total. The van der Waals surface area contributed by atoms with E-state index in [-0.39, 0.29) is 30.9 Å². The SMILES string of the molecule is C[C@@H]1CN(C(=O)C(F)(F)F)CC[C@H]1Nc1ccc2c(-n3cc(F)c(=O)[nH]c3=O)nn(C)c2c1. The number of aromatic nitrogens is 4. The number of halogens is 4. The molecular weight excluding hydrogens is 448 g/mol. The van der Waals surface area contributed by atoms with Crippen molar-refractivity contribution in [2.24, 2.45) is 13.0 Å². The monoisotopic (exact) mass is 468 g/mol. The van der Waals surface area contributed by atoms with Gasteiger partial charge in [-0.1, -0.05) is 6.92 Å². The van der Waals surface area contributed by atoms with Crippen LogP contribution in [0.25, 0.3) is 16.7 Å². The van der Waals surface area contributed by atoms with Gasteiger partial charge in [0.25, 0.3) is 5.56 Å². The number of carbonyl (C=O) groups excluding carboxylic acids is 1. The number of hydrogen-bond donors (Lipinski definition) is 2. The molecule has 0 aliphatic carbocycles. The van der Waals surface area contributed by atoms with Gasteiger partial charge in [-0.25, -0.2) is 9.36 Å². The minimum atomic E-state index is -4.89. The number of nitrogens with one attached hydrogen (secondary N) is 2. The quantitative estimate of drug-likeness (QED) is 0.570. The Bertz CT molecular complexity index is 1340. The highest BCUT2D eigenvalue weighted by molar-refractivity contribution is 5.89. The molecule has 1 aliphatic heterocycles. The summed E-state index contributed by atoms with van der Waals surface area (Å²) in [5, 5.41) is 8.07. The van der Waals surface area contributed by atoms with Gasteiger partial charge in [0.15, 0.2) is 5.82 Å². The standard InChI is InChI=1S/C20H20F4N6O3/c1-10-8-29(18(32)20(22,23)24)6-5-14(10)25-11-3-4-12-15(7-11)28(2)27-16(12)30-9-13(21)17(31)26-19(30)33/h3-4,7,9-10,14,25H,5-6,8H2,1-2H3,(H,26,31,33)/t10-,14-/m1/s1. The van der Waals surface area contributed by atoms with E-state index < -0.39 is 29.1 Å². The Labute approximate surface area is 183 Å². The predicted octanol–water partition coefficient (Wildman–Crippen LogP) is 1.76. The van der Waals surface area contributed by atoms with Gasteiger partial charge in [0.1, 0.15) is 0 Å². The average molecular weight is 468 g/mol. The van der Waals surface area contributed by atoms with E-state index in [1.165, 1.54) is 4.68 Å². The van der Waals surface area contributed by atoms with Crippen molar-refractivity contribution in [1.29, 1.82) is 0 Å². The summed E-state index contributed by atoms with van der Waals surface area (Å²) >= 11 is 0. The summed E-state index contributed by atoms with van der Waals surface area (Å²) in [6, 6.07) is 4.96. The number of aromatic amines is 1. The maximum atomic E-state index is 13.7. The van der Waals surface area contributed by atoms with Crippen molar-refractivity contribution < 1.29 is 22.4 Å². The van der Waals surface area contributed by atoms with Gasteiger partial charge in [0.05, 0.1) is 11.7 Å². The smallest absolute Gasteiger partial charge is 0.382 e. The first-order chi connectivity index (χ1) is 15.5. The fourth-order valence-corrected chi connectivity index (χ4v) is 4.05. The molecule has 0 spiro atoms. The topological polar surface area (TPSA) is 105 Å². The van der Waals surface area contributed by atoms with Crippen LogP contribution in [-0.4, -0.2) is 55.4 Å². The van der Waals surface area contributed by atoms with E-state index in [9.17, 15) is 31.9 Å². The first-order valence-electron chi connectivity index (χ1n) is 10.1. The minimum Gasteiger partial charge on any atom is -0.382 e. The number of benzene rings is 1. The lowest BCUT2D eigenvalue weighted by Gasteiger charge is -2.38. The number of amides is 1. The second-order valence-corrected chi connectivity index (χ2v) is 8.05. The summed E-state index contributed by atoms with van der Waals surface area (Å²) in [7, 11) is 1.63. The molecule has 4 rings (SSSR count). The Morgan fingerprint density at radius 3 is 2.67 bits per heavy atom. The molecule has 9 nitrogen and oxygen atoms in total. The number of aryl methyl sites for hydroxylation is 1. The molecule has 1 fully saturated rings. The molecule has 0 saturated carbocycles. The van der Waals surface area contributed by atoms with Gasteiger partial charge in [-0.05, 0) is 30.5 Å². The van der Waals surface area contributed by atoms with Gasteiger partial charge < -0.3 is 10.2 Å². The third kappa shape index (κ3) is 4.22. The molecule has 2 atom stereocenters. The molecule has 1 aliphatic rings. The number of likely N-dealkylation sites (tertiary alicyclic amines) is 1. The van der Waals surface area contributed by atoms with Crippen LogP contribution in [0.5, 0.6) is 0 Å². The summed E-state index contributed by atoms with van der Waals surface area (Å²) in [6.07, 6.45) is -3.78. The summed E-state index contributed by atoms with van der Waals surface area (Å²) in [5.74, 6) is -3.06. The van der Waals surface area contributed by atoms with Crippen molar-refractivity contribution in [3.05, 3.63) is 51.1 Å². The second kappa shape index (κ2) is 8.05. The summed E-state index contributed by atoms with van der Waals surface area (Å²) in [6.45, 7) is 1.74. The van der Waals surface area contributed by atoms with Crippen LogP contribution in [0.1, 0.15) is 13.3 Å². The lowest BCUT2D eigenvalue weighted by Crippen LogP contribution is -2.51. The molecule has 1 amide bonds. The number of fused-ring (bicyclic) bond motifs is 1. The maximum Gasteiger partial charge on any atom is 0.471 e. The molecular formula is C20H20F4N6O3. The Morgan fingerprint density at radius 2 is 2.00 bits per heavy atom. The fourth-order valence-electron chi connectivity index (χ4n) is 4.05. The fraction of sp³-hybridized carbons (Fsp3) is 0.400. The van der Waals surface area contributed by atoms with Gasteiger partial charge in [-0.15, -0.1) is 0 Å². The Kier molecular flexibility index (Phi) is 5.50.